The maximum absolute atomic E-state index is 12.2. The molecule has 0 unspecified atom stereocenters. The summed E-state index contributed by atoms with van der Waals surface area (Å²) in [5, 5.41) is 1.92. The molecule has 1 amide bonds. The van der Waals surface area contributed by atoms with Crippen LogP contribution >= 0.6 is 34.3 Å². The molecule has 0 N–H and O–H groups in total. The molecule has 2 rings (SSSR count). The second-order valence-corrected chi connectivity index (χ2v) is 6.25. The van der Waals surface area contributed by atoms with Crippen LogP contribution in [0.3, 0.4) is 0 Å². The van der Waals surface area contributed by atoms with Crippen LogP contribution in [0.1, 0.15) is 21.5 Å². The molecule has 2 aromatic rings. The molecule has 5 heteroatoms. The van der Waals surface area contributed by atoms with E-state index in [-0.39, 0.29) is 5.91 Å². The summed E-state index contributed by atoms with van der Waals surface area (Å²) in [7, 11) is 0. The van der Waals surface area contributed by atoms with Gasteiger partial charge in [0, 0.05) is 11.4 Å². The standard InChI is InChI=1S/C12H12ClNOS2/c1-2-14(8-9-5-6-11(13)17-9)12(15)10-4-3-7-16-10/h3-7H,2,8H2,1H3. The summed E-state index contributed by atoms with van der Waals surface area (Å²) in [6.07, 6.45) is 0. The lowest BCUT2D eigenvalue weighted by Crippen LogP contribution is -2.29. The lowest BCUT2D eigenvalue weighted by molar-refractivity contribution is 0.0759. The van der Waals surface area contributed by atoms with Crippen molar-refractivity contribution in [2.45, 2.75) is 13.5 Å². The third-order valence-electron chi connectivity index (χ3n) is 2.38. The lowest BCUT2D eigenvalue weighted by atomic mass is 10.3. The number of halogens is 1. The second kappa shape index (κ2) is 5.67. The zero-order chi connectivity index (χ0) is 12.3. The maximum Gasteiger partial charge on any atom is 0.264 e. The molecule has 0 bridgehead atoms. The number of amides is 1. The summed E-state index contributed by atoms with van der Waals surface area (Å²) in [5.41, 5.74) is 0. The third-order valence-corrected chi connectivity index (χ3v) is 4.45. The summed E-state index contributed by atoms with van der Waals surface area (Å²) in [4.78, 5) is 15.9. The van der Waals surface area contributed by atoms with Crippen LogP contribution < -0.4 is 0 Å². The molecule has 2 nitrogen and oxygen atoms in total. The Kier molecular flexibility index (Phi) is 4.20. The number of thiophene rings is 2. The van der Waals surface area contributed by atoms with E-state index in [1.807, 2.05) is 41.5 Å². The summed E-state index contributed by atoms with van der Waals surface area (Å²) in [5.74, 6) is 0.0898. The Balaban J connectivity index is 2.09. The van der Waals surface area contributed by atoms with Gasteiger partial charge in [-0.3, -0.25) is 4.79 Å². The average Bonchev–Trinajstić information content (AvgIpc) is 2.96. The smallest absolute Gasteiger partial charge is 0.264 e. The van der Waals surface area contributed by atoms with Crippen LogP contribution in [0.15, 0.2) is 29.6 Å². The molecule has 0 saturated heterocycles. The number of carbonyl (C=O) groups excluding carboxylic acids is 1. The van der Waals surface area contributed by atoms with Crippen molar-refractivity contribution in [3.63, 3.8) is 0 Å². The molecule has 0 spiro atoms. The van der Waals surface area contributed by atoms with Crippen molar-refractivity contribution in [1.29, 1.82) is 0 Å². The van der Waals surface area contributed by atoms with Crippen LogP contribution in [-0.4, -0.2) is 17.4 Å². The van der Waals surface area contributed by atoms with Crippen molar-refractivity contribution in [3.8, 4) is 0 Å². The molecule has 2 aromatic heterocycles. The van der Waals surface area contributed by atoms with E-state index >= 15 is 0 Å². The van der Waals surface area contributed by atoms with Crippen LogP contribution in [-0.2, 0) is 6.54 Å². The Morgan fingerprint density at radius 2 is 2.24 bits per heavy atom. The molecular formula is C12H12ClNOS2. The van der Waals surface area contributed by atoms with Gasteiger partial charge in [0.2, 0.25) is 0 Å². The first-order chi connectivity index (χ1) is 8.20. The highest BCUT2D eigenvalue weighted by atomic mass is 35.5. The first kappa shape index (κ1) is 12.6. The van der Waals surface area contributed by atoms with Crippen molar-refractivity contribution in [1.82, 2.24) is 4.90 Å². The third kappa shape index (κ3) is 3.09. The van der Waals surface area contributed by atoms with E-state index in [0.29, 0.717) is 13.1 Å². The van der Waals surface area contributed by atoms with E-state index < -0.39 is 0 Å². The summed E-state index contributed by atoms with van der Waals surface area (Å²) < 4.78 is 0.764. The number of rotatable bonds is 4. The predicted molar refractivity (Wildman–Crippen MR) is 74.1 cm³/mol. The molecule has 0 atom stereocenters. The van der Waals surface area contributed by atoms with Crippen molar-refractivity contribution >= 4 is 40.2 Å². The second-order valence-electron chi connectivity index (χ2n) is 3.50. The fraction of sp³-hybridized carbons (Fsp3) is 0.250. The molecule has 0 aliphatic rings. The Morgan fingerprint density at radius 3 is 2.76 bits per heavy atom. The molecular weight excluding hydrogens is 274 g/mol. The molecule has 0 aromatic carbocycles. The largest absolute Gasteiger partial charge is 0.333 e. The topological polar surface area (TPSA) is 20.3 Å². The van der Waals surface area contributed by atoms with Gasteiger partial charge in [-0.05, 0) is 30.5 Å². The van der Waals surface area contributed by atoms with Gasteiger partial charge in [0.15, 0.2) is 0 Å². The Morgan fingerprint density at radius 1 is 1.41 bits per heavy atom. The van der Waals surface area contributed by atoms with E-state index in [9.17, 15) is 4.79 Å². The number of hydrogen-bond donors (Lipinski definition) is 0. The summed E-state index contributed by atoms with van der Waals surface area (Å²) in [6.45, 7) is 3.32. The minimum Gasteiger partial charge on any atom is -0.333 e. The van der Waals surface area contributed by atoms with Crippen LogP contribution in [0.4, 0.5) is 0 Å². The van der Waals surface area contributed by atoms with Gasteiger partial charge in [0.1, 0.15) is 0 Å². The first-order valence-corrected chi connectivity index (χ1v) is 7.35. The highest BCUT2D eigenvalue weighted by Crippen LogP contribution is 2.23. The fourth-order valence-electron chi connectivity index (χ4n) is 1.51. The summed E-state index contributed by atoms with van der Waals surface area (Å²) in [6, 6.07) is 7.59. The van der Waals surface area contributed by atoms with Crippen molar-refractivity contribution in [2.75, 3.05) is 6.54 Å². The molecule has 0 fully saturated rings. The molecule has 0 radical (unpaired) electrons. The van der Waals surface area contributed by atoms with Crippen LogP contribution in [0.5, 0.6) is 0 Å². The van der Waals surface area contributed by atoms with Gasteiger partial charge in [-0.25, -0.2) is 0 Å². The van der Waals surface area contributed by atoms with Gasteiger partial charge in [0.25, 0.3) is 5.91 Å². The van der Waals surface area contributed by atoms with Crippen LogP contribution in [0.25, 0.3) is 0 Å². The van der Waals surface area contributed by atoms with E-state index in [4.69, 9.17) is 11.6 Å². The van der Waals surface area contributed by atoms with Gasteiger partial charge in [-0.2, -0.15) is 0 Å². The van der Waals surface area contributed by atoms with Gasteiger partial charge >= 0.3 is 0 Å². The van der Waals surface area contributed by atoms with E-state index in [1.165, 1.54) is 22.7 Å². The van der Waals surface area contributed by atoms with Gasteiger partial charge in [0.05, 0.1) is 15.8 Å². The molecule has 2 heterocycles. The van der Waals surface area contributed by atoms with Crippen molar-refractivity contribution < 1.29 is 4.79 Å². The minimum absolute atomic E-state index is 0.0898. The van der Waals surface area contributed by atoms with Gasteiger partial charge in [-0.1, -0.05) is 17.7 Å². The maximum atomic E-state index is 12.2. The van der Waals surface area contributed by atoms with Crippen molar-refractivity contribution in [3.05, 3.63) is 43.7 Å². The quantitative estimate of drug-likeness (QED) is 0.827. The molecule has 17 heavy (non-hydrogen) atoms. The molecule has 0 aliphatic carbocycles. The highest BCUT2D eigenvalue weighted by Gasteiger charge is 2.15. The zero-order valence-corrected chi connectivity index (χ0v) is 11.7. The number of nitrogens with zero attached hydrogens (tertiary/aromatic N) is 1. The Bertz CT molecular complexity index is 492. The first-order valence-electron chi connectivity index (χ1n) is 5.27. The normalized spacial score (nSPS) is 10.5. The van der Waals surface area contributed by atoms with Crippen LogP contribution in [0, 0.1) is 0 Å². The number of hydrogen-bond acceptors (Lipinski definition) is 3. The van der Waals surface area contributed by atoms with E-state index in [2.05, 4.69) is 0 Å². The van der Waals surface area contributed by atoms with E-state index in [0.717, 1.165) is 14.1 Å². The molecule has 90 valence electrons. The number of carbonyl (C=O) groups is 1. The SMILES string of the molecule is CCN(Cc1ccc(Cl)s1)C(=O)c1cccs1. The minimum atomic E-state index is 0.0898. The zero-order valence-electron chi connectivity index (χ0n) is 9.35. The Labute approximate surface area is 113 Å². The molecule has 0 aliphatic heterocycles. The van der Waals surface area contributed by atoms with Gasteiger partial charge in [-0.15, -0.1) is 22.7 Å². The highest BCUT2D eigenvalue weighted by molar-refractivity contribution is 7.16. The monoisotopic (exact) mass is 285 g/mol. The van der Waals surface area contributed by atoms with Crippen LogP contribution in [0.2, 0.25) is 4.34 Å². The van der Waals surface area contributed by atoms with Gasteiger partial charge < -0.3 is 4.90 Å². The van der Waals surface area contributed by atoms with Crippen molar-refractivity contribution in [2.24, 2.45) is 0 Å². The Hall–Kier alpha value is -0.840. The lowest BCUT2D eigenvalue weighted by Gasteiger charge is -2.19. The fourth-order valence-corrected chi connectivity index (χ4v) is 3.30. The molecule has 0 saturated carbocycles. The summed E-state index contributed by atoms with van der Waals surface area (Å²) >= 11 is 8.88. The predicted octanol–water partition coefficient (Wildman–Crippen LogP) is 4.13. The average molecular weight is 286 g/mol. The van der Waals surface area contributed by atoms with E-state index in [1.54, 1.807) is 0 Å².